The fourth-order valence-electron chi connectivity index (χ4n) is 2.90. The van der Waals surface area contributed by atoms with E-state index in [0.717, 1.165) is 47.1 Å². The van der Waals surface area contributed by atoms with Crippen molar-refractivity contribution in [1.29, 1.82) is 0 Å². The van der Waals surface area contributed by atoms with Crippen LogP contribution in [0.3, 0.4) is 0 Å². The zero-order valence-corrected chi connectivity index (χ0v) is 14.4. The number of nitrogens with one attached hydrogen (secondary N) is 1. The molecular formula is C17H22N4OS. The number of rotatable bonds is 4. The van der Waals surface area contributed by atoms with Crippen molar-refractivity contribution in [3.8, 4) is 0 Å². The molecule has 0 atom stereocenters. The number of hydrogen-bond acceptors (Lipinski definition) is 4. The summed E-state index contributed by atoms with van der Waals surface area (Å²) in [6, 6.07) is 5.97. The average molecular weight is 330 g/mol. The zero-order chi connectivity index (χ0) is 16.2. The van der Waals surface area contributed by atoms with E-state index in [2.05, 4.69) is 20.1 Å². The summed E-state index contributed by atoms with van der Waals surface area (Å²) in [5.41, 5.74) is 1.72. The van der Waals surface area contributed by atoms with Gasteiger partial charge in [-0.1, -0.05) is 12.5 Å². The van der Waals surface area contributed by atoms with E-state index in [4.69, 9.17) is 0 Å². The maximum Gasteiger partial charge on any atom is 0.251 e. The van der Waals surface area contributed by atoms with Crippen molar-refractivity contribution in [2.75, 3.05) is 6.26 Å². The minimum absolute atomic E-state index is 0.0515. The SMILES string of the molecule is CSc1ccc(C)c(C(=O)NCc2nnc3n2CCCCC3)c1. The quantitative estimate of drug-likeness (QED) is 0.876. The molecule has 1 aromatic heterocycles. The van der Waals surface area contributed by atoms with Crippen LogP contribution in [0.15, 0.2) is 23.1 Å². The Bertz CT molecular complexity index is 711. The molecule has 1 N–H and O–H groups in total. The first-order valence-corrected chi connectivity index (χ1v) is 9.25. The first-order valence-electron chi connectivity index (χ1n) is 8.03. The molecule has 0 radical (unpaired) electrons. The van der Waals surface area contributed by atoms with Crippen LogP contribution >= 0.6 is 11.8 Å². The molecule has 122 valence electrons. The summed E-state index contributed by atoms with van der Waals surface area (Å²) < 4.78 is 2.17. The highest BCUT2D eigenvalue weighted by molar-refractivity contribution is 7.98. The number of carbonyl (C=O) groups excluding carboxylic acids is 1. The van der Waals surface area contributed by atoms with Crippen molar-refractivity contribution in [3.63, 3.8) is 0 Å². The molecule has 1 aliphatic heterocycles. The highest BCUT2D eigenvalue weighted by atomic mass is 32.2. The molecule has 1 aromatic carbocycles. The molecule has 6 heteroatoms. The van der Waals surface area contributed by atoms with Crippen molar-refractivity contribution < 1.29 is 4.79 Å². The molecule has 0 bridgehead atoms. The lowest BCUT2D eigenvalue weighted by atomic mass is 10.1. The molecule has 2 aromatic rings. The van der Waals surface area contributed by atoms with Gasteiger partial charge in [-0.05, 0) is 43.7 Å². The van der Waals surface area contributed by atoms with E-state index in [1.54, 1.807) is 11.8 Å². The number of amides is 1. The minimum atomic E-state index is -0.0515. The Kier molecular flexibility index (Phi) is 5.00. The van der Waals surface area contributed by atoms with Gasteiger partial charge in [0, 0.05) is 23.4 Å². The van der Waals surface area contributed by atoms with Gasteiger partial charge in [0.25, 0.3) is 5.91 Å². The van der Waals surface area contributed by atoms with E-state index in [-0.39, 0.29) is 5.91 Å². The Morgan fingerprint density at radius 3 is 3.00 bits per heavy atom. The standard InChI is InChI=1S/C17H22N4OS/c1-12-7-8-13(23-2)10-14(12)17(22)18-11-16-20-19-15-6-4-3-5-9-21(15)16/h7-8,10H,3-6,9,11H2,1-2H3,(H,18,22). The molecule has 0 aliphatic carbocycles. The third-order valence-corrected chi connectivity index (χ3v) is 5.01. The van der Waals surface area contributed by atoms with E-state index >= 15 is 0 Å². The maximum atomic E-state index is 12.5. The second kappa shape index (κ2) is 7.17. The molecule has 0 saturated carbocycles. The van der Waals surface area contributed by atoms with Crippen LogP contribution in [-0.4, -0.2) is 26.9 Å². The van der Waals surface area contributed by atoms with E-state index < -0.39 is 0 Å². The van der Waals surface area contributed by atoms with E-state index in [0.29, 0.717) is 6.54 Å². The van der Waals surface area contributed by atoms with Gasteiger partial charge in [0.2, 0.25) is 0 Å². The van der Waals surface area contributed by atoms with Gasteiger partial charge in [-0.15, -0.1) is 22.0 Å². The van der Waals surface area contributed by atoms with E-state index in [1.165, 1.54) is 12.8 Å². The van der Waals surface area contributed by atoms with Crippen LogP contribution < -0.4 is 5.32 Å². The highest BCUT2D eigenvalue weighted by Crippen LogP contribution is 2.19. The van der Waals surface area contributed by atoms with E-state index in [9.17, 15) is 4.79 Å². The Balaban J connectivity index is 1.71. The van der Waals surface area contributed by atoms with Gasteiger partial charge < -0.3 is 9.88 Å². The lowest BCUT2D eigenvalue weighted by molar-refractivity contribution is 0.0948. The van der Waals surface area contributed by atoms with Gasteiger partial charge in [0.15, 0.2) is 5.82 Å². The van der Waals surface area contributed by atoms with E-state index in [1.807, 2.05) is 31.4 Å². The number of hydrogen-bond donors (Lipinski definition) is 1. The number of aryl methyl sites for hydroxylation is 2. The predicted molar refractivity (Wildman–Crippen MR) is 91.7 cm³/mol. The molecule has 23 heavy (non-hydrogen) atoms. The summed E-state index contributed by atoms with van der Waals surface area (Å²) in [4.78, 5) is 13.6. The van der Waals surface area contributed by atoms with Crippen molar-refractivity contribution in [1.82, 2.24) is 20.1 Å². The van der Waals surface area contributed by atoms with Gasteiger partial charge in [-0.3, -0.25) is 4.79 Å². The summed E-state index contributed by atoms with van der Waals surface area (Å²) in [5.74, 6) is 1.85. The normalized spacial score (nSPS) is 14.2. The molecule has 5 nitrogen and oxygen atoms in total. The third kappa shape index (κ3) is 3.58. The van der Waals surface area contributed by atoms with Crippen LogP contribution in [0.2, 0.25) is 0 Å². The van der Waals surface area contributed by atoms with Crippen LogP contribution in [0.1, 0.15) is 46.8 Å². The van der Waals surface area contributed by atoms with Gasteiger partial charge >= 0.3 is 0 Å². The van der Waals surface area contributed by atoms with Gasteiger partial charge in [-0.2, -0.15) is 0 Å². The van der Waals surface area contributed by atoms with Crippen LogP contribution in [-0.2, 0) is 19.5 Å². The van der Waals surface area contributed by atoms with Crippen molar-refractivity contribution >= 4 is 17.7 Å². The lowest BCUT2D eigenvalue weighted by Gasteiger charge is -2.10. The molecular weight excluding hydrogens is 308 g/mol. The Morgan fingerprint density at radius 2 is 2.17 bits per heavy atom. The fourth-order valence-corrected chi connectivity index (χ4v) is 3.34. The minimum Gasteiger partial charge on any atom is -0.345 e. The van der Waals surface area contributed by atoms with Crippen molar-refractivity contribution in [2.24, 2.45) is 0 Å². The van der Waals surface area contributed by atoms with Crippen molar-refractivity contribution in [3.05, 3.63) is 41.0 Å². The topological polar surface area (TPSA) is 59.8 Å². The molecule has 1 aliphatic rings. The van der Waals surface area contributed by atoms with Crippen LogP contribution in [0, 0.1) is 6.92 Å². The Morgan fingerprint density at radius 1 is 1.30 bits per heavy atom. The zero-order valence-electron chi connectivity index (χ0n) is 13.6. The second-order valence-corrected chi connectivity index (χ2v) is 6.74. The van der Waals surface area contributed by atoms with Crippen LogP contribution in [0.5, 0.6) is 0 Å². The monoisotopic (exact) mass is 330 g/mol. The molecule has 0 unspecified atom stereocenters. The van der Waals surface area contributed by atoms with Gasteiger partial charge in [0.1, 0.15) is 5.82 Å². The summed E-state index contributed by atoms with van der Waals surface area (Å²) in [5, 5.41) is 11.5. The molecule has 2 heterocycles. The Labute approximate surface area is 140 Å². The number of nitrogens with zero attached hydrogens (tertiary/aromatic N) is 3. The second-order valence-electron chi connectivity index (χ2n) is 5.86. The first kappa shape index (κ1) is 16.1. The van der Waals surface area contributed by atoms with Crippen molar-refractivity contribution in [2.45, 2.75) is 50.6 Å². The fraction of sp³-hybridized carbons (Fsp3) is 0.471. The number of carbonyl (C=O) groups is 1. The summed E-state index contributed by atoms with van der Waals surface area (Å²) in [6.45, 7) is 3.34. The lowest BCUT2D eigenvalue weighted by Crippen LogP contribution is -2.25. The molecule has 3 rings (SSSR count). The summed E-state index contributed by atoms with van der Waals surface area (Å²) in [7, 11) is 0. The number of aromatic nitrogens is 3. The van der Waals surface area contributed by atoms with Crippen LogP contribution in [0.25, 0.3) is 0 Å². The predicted octanol–water partition coefficient (Wildman–Crippen LogP) is 2.96. The first-order chi connectivity index (χ1) is 11.2. The maximum absolute atomic E-state index is 12.5. The number of thioether (sulfide) groups is 1. The molecule has 1 amide bonds. The largest absolute Gasteiger partial charge is 0.345 e. The Hall–Kier alpha value is -1.82. The average Bonchev–Trinajstić information content (AvgIpc) is 2.79. The van der Waals surface area contributed by atoms with Gasteiger partial charge in [-0.25, -0.2) is 0 Å². The smallest absolute Gasteiger partial charge is 0.251 e. The summed E-state index contributed by atoms with van der Waals surface area (Å²) >= 11 is 1.64. The van der Waals surface area contributed by atoms with Crippen LogP contribution in [0.4, 0.5) is 0 Å². The number of benzene rings is 1. The highest BCUT2D eigenvalue weighted by Gasteiger charge is 2.16. The van der Waals surface area contributed by atoms with Gasteiger partial charge in [0.05, 0.1) is 6.54 Å². The molecule has 0 fully saturated rings. The third-order valence-electron chi connectivity index (χ3n) is 4.28. The summed E-state index contributed by atoms with van der Waals surface area (Å²) in [6.07, 6.45) is 6.55. The molecule has 0 spiro atoms. The molecule has 0 saturated heterocycles. The number of fused-ring (bicyclic) bond motifs is 1.